The van der Waals surface area contributed by atoms with Crippen LogP contribution in [0.4, 0.5) is 0 Å². The fourth-order valence-corrected chi connectivity index (χ4v) is 4.34. The molecule has 1 aliphatic heterocycles. The van der Waals surface area contributed by atoms with Crippen LogP contribution in [0.2, 0.25) is 0 Å². The predicted molar refractivity (Wildman–Crippen MR) is 108 cm³/mol. The van der Waals surface area contributed by atoms with E-state index in [1.165, 1.54) is 12.8 Å². The van der Waals surface area contributed by atoms with Gasteiger partial charge in [0.1, 0.15) is 11.5 Å². The van der Waals surface area contributed by atoms with Crippen molar-refractivity contribution in [3.8, 4) is 11.6 Å². The van der Waals surface area contributed by atoms with Crippen LogP contribution in [0.15, 0.2) is 41.3 Å². The van der Waals surface area contributed by atoms with Crippen molar-refractivity contribution < 1.29 is 9.32 Å². The third-order valence-corrected chi connectivity index (χ3v) is 6.05. The molecule has 3 aromatic heterocycles. The van der Waals surface area contributed by atoms with Crippen LogP contribution in [0.25, 0.3) is 11.6 Å². The molecule has 154 valence electrons. The number of likely N-dealkylation sites (tertiary alicyclic amines) is 1. The fourth-order valence-electron chi connectivity index (χ4n) is 4.34. The van der Waals surface area contributed by atoms with Crippen LogP contribution in [-0.2, 0) is 5.41 Å². The quantitative estimate of drug-likeness (QED) is 0.644. The first kappa shape index (κ1) is 18.8. The van der Waals surface area contributed by atoms with Gasteiger partial charge in [0.15, 0.2) is 5.82 Å². The summed E-state index contributed by atoms with van der Waals surface area (Å²) in [5, 5.41) is 4.36. The van der Waals surface area contributed by atoms with E-state index in [0.717, 1.165) is 19.3 Å². The molecule has 1 atom stereocenters. The van der Waals surface area contributed by atoms with Crippen molar-refractivity contribution in [3.63, 3.8) is 0 Å². The first-order chi connectivity index (χ1) is 14.6. The van der Waals surface area contributed by atoms with E-state index in [2.05, 4.69) is 20.1 Å². The number of carbonyl (C=O) groups excluding carboxylic acids is 1. The number of aromatic nitrogens is 5. The molecular weight excluding hydrogens is 380 g/mol. The lowest BCUT2D eigenvalue weighted by atomic mass is 9.74. The Morgan fingerprint density at radius 1 is 1.23 bits per heavy atom. The molecule has 5 rings (SSSR count). The Kier molecular flexibility index (Phi) is 4.77. The Hall–Kier alpha value is -3.16. The largest absolute Gasteiger partial charge is 0.338 e. The molecule has 1 amide bonds. The Bertz CT molecular complexity index is 1030. The zero-order valence-corrected chi connectivity index (χ0v) is 17.0. The number of hydrogen-bond acceptors (Lipinski definition) is 7. The lowest BCUT2D eigenvalue weighted by Gasteiger charge is -2.41. The lowest BCUT2D eigenvalue weighted by Crippen LogP contribution is -2.49. The molecular formula is C22H24N6O2. The molecule has 8 nitrogen and oxygen atoms in total. The normalized spacial score (nSPS) is 21.6. The van der Waals surface area contributed by atoms with E-state index >= 15 is 0 Å². The highest BCUT2D eigenvalue weighted by atomic mass is 16.5. The third-order valence-electron chi connectivity index (χ3n) is 6.05. The summed E-state index contributed by atoms with van der Waals surface area (Å²) in [5.41, 5.74) is 0.889. The van der Waals surface area contributed by atoms with Crippen LogP contribution in [0.1, 0.15) is 54.1 Å². The second kappa shape index (κ2) is 7.59. The van der Waals surface area contributed by atoms with E-state index in [0.29, 0.717) is 47.8 Å². The maximum atomic E-state index is 13.1. The van der Waals surface area contributed by atoms with Crippen molar-refractivity contribution in [2.45, 2.75) is 44.4 Å². The van der Waals surface area contributed by atoms with Crippen molar-refractivity contribution >= 4 is 5.91 Å². The van der Waals surface area contributed by atoms with Gasteiger partial charge < -0.3 is 9.42 Å². The van der Waals surface area contributed by atoms with Crippen molar-refractivity contribution in [1.29, 1.82) is 0 Å². The fraction of sp³-hybridized carbons (Fsp3) is 0.455. The molecule has 3 aromatic rings. The summed E-state index contributed by atoms with van der Waals surface area (Å²) >= 11 is 0. The van der Waals surface area contributed by atoms with Crippen LogP contribution < -0.4 is 0 Å². The van der Waals surface area contributed by atoms with Gasteiger partial charge in [-0.25, -0.2) is 9.97 Å². The highest BCUT2D eigenvalue weighted by Gasteiger charge is 2.46. The number of nitrogens with zero attached hydrogens (tertiary/aromatic N) is 6. The minimum absolute atomic E-state index is 0.0386. The maximum Gasteiger partial charge on any atom is 0.276 e. The summed E-state index contributed by atoms with van der Waals surface area (Å²) in [6, 6.07) is 5.62. The Labute approximate surface area is 174 Å². The van der Waals surface area contributed by atoms with Gasteiger partial charge >= 0.3 is 0 Å². The number of piperidine rings is 1. The summed E-state index contributed by atoms with van der Waals surface area (Å²) in [6.07, 6.45) is 10.2. The Morgan fingerprint density at radius 2 is 2.07 bits per heavy atom. The molecule has 1 saturated carbocycles. The molecule has 0 bridgehead atoms. The highest BCUT2D eigenvalue weighted by Crippen LogP contribution is 2.46. The number of aryl methyl sites for hydroxylation is 1. The van der Waals surface area contributed by atoms with Crippen LogP contribution in [-0.4, -0.2) is 49.0 Å². The second-order valence-electron chi connectivity index (χ2n) is 8.42. The third kappa shape index (κ3) is 3.69. The molecule has 1 aliphatic carbocycles. The molecule has 0 radical (unpaired) electrons. The number of rotatable bonds is 5. The first-order valence-electron chi connectivity index (χ1n) is 10.5. The van der Waals surface area contributed by atoms with E-state index in [1.54, 1.807) is 18.6 Å². The van der Waals surface area contributed by atoms with E-state index in [1.807, 2.05) is 30.0 Å². The molecule has 2 fully saturated rings. The second-order valence-corrected chi connectivity index (χ2v) is 8.42. The van der Waals surface area contributed by atoms with Gasteiger partial charge in [0.25, 0.3) is 11.8 Å². The van der Waals surface area contributed by atoms with Crippen LogP contribution >= 0.6 is 0 Å². The van der Waals surface area contributed by atoms with E-state index in [9.17, 15) is 4.79 Å². The predicted octanol–water partition coefficient (Wildman–Crippen LogP) is 3.20. The van der Waals surface area contributed by atoms with E-state index in [-0.39, 0.29) is 11.3 Å². The minimum atomic E-state index is -0.294. The van der Waals surface area contributed by atoms with Crippen LogP contribution in [0, 0.1) is 12.8 Å². The summed E-state index contributed by atoms with van der Waals surface area (Å²) < 4.78 is 5.58. The summed E-state index contributed by atoms with van der Waals surface area (Å²) in [5.74, 6) is 2.40. The average Bonchev–Trinajstić information content (AvgIpc) is 3.44. The first-order valence-corrected chi connectivity index (χ1v) is 10.5. The smallest absolute Gasteiger partial charge is 0.276 e. The zero-order chi connectivity index (χ0) is 20.6. The van der Waals surface area contributed by atoms with Crippen LogP contribution in [0.5, 0.6) is 0 Å². The van der Waals surface area contributed by atoms with Gasteiger partial charge in [0.05, 0.1) is 11.0 Å². The molecule has 30 heavy (non-hydrogen) atoms. The van der Waals surface area contributed by atoms with Gasteiger partial charge in [-0.15, -0.1) is 0 Å². The minimum Gasteiger partial charge on any atom is -0.338 e. The van der Waals surface area contributed by atoms with E-state index in [4.69, 9.17) is 9.51 Å². The molecule has 1 saturated heterocycles. The number of amides is 1. The van der Waals surface area contributed by atoms with Gasteiger partial charge in [-0.05, 0) is 44.2 Å². The van der Waals surface area contributed by atoms with Gasteiger partial charge in [-0.3, -0.25) is 9.78 Å². The van der Waals surface area contributed by atoms with Gasteiger partial charge in [0, 0.05) is 31.7 Å². The summed E-state index contributed by atoms with van der Waals surface area (Å²) in [4.78, 5) is 32.4. The SMILES string of the molecule is Cc1ncc(C(=O)N2CCCC(CC3CC3)(c3noc(-c4ccccn4)n3)C2)cn1. The van der Waals surface area contributed by atoms with Crippen molar-refractivity contribution in [2.75, 3.05) is 13.1 Å². The van der Waals surface area contributed by atoms with Gasteiger partial charge in [-0.2, -0.15) is 4.98 Å². The Balaban J connectivity index is 1.44. The molecule has 0 N–H and O–H groups in total. The molecule has 4 heterocycles. The van der Waals surface area contributed by atoms with Crippen LogP contribution in [0.3, 0.4) is 0 Å². The number of carbonyl (C=O) groups is 1. The molecule has 0 spiro atoms. The van der Waals surface area contributed by atoms with Crippen molar-refractivity contribution in [2.24, 2.45) is 5.92 Å². The van der Waals surface area contributed by atoms with Gasteiger partial charge in [0.2, 0.25) is 0 Å². The Morgan fingerprint density at radius 3 is 2.80 bits per heavy atom. The van der Waals surface area contributed by atoms with Crippen molar-refractivity contribution in [3.05, 3.63) is 54.0 Å². The monoisotopic (exact) mass is 404 g/mol. The molecule has 2 aliphatic rings. The summed E-state index contributed by atoms with van der Waals surface area (Å²) in [6.45, 7) is 3.10. The highest BCUT2D eigenvalue weighted by molar-refractivity contribution is 5.93. The molecule has 1 unspecified atom stereocenters. The molecule has 8 heteroatoms. The maximum absolute atomic E-state index is 13.1. The van der Waals surface area contributed by atoms with E-state index < -0.39 is 0 Å². The number of pyridine rings is 1. The lowest BCUT2D eigenvalue weighted by molar-refractivity contribution is 0.0606. The average molecular weight is 404 g/mol. The van der Waals surface area contributed by atoms with Gasteiger partial charge in [-0.1, -0.05) is 24.1 Å². The summed E-state index contributed by atoms with van der Waals surface area (Å²) in [7, 11) is 0. The molecule has 0 aromatic carbocycles. The topological polar surface area (TPSA) is 97.9 Å². The zero-order valence-electron chi connectivity index (χ0n) is 17.0. The number of hydrogen-bond donors (Lipinski definition) is 0. The standard InChI is InChI=1S/C22H24N6O2/c1-15-24-12-17(13-25-15)20(29)28-10-4-8-22(14-28,11-16-6-7-16)21-26-19(30-27-21)18-5-2-3-9-23-18/h2-3,5,9,12-13,16H,4,6-8,10-11,14H2,1H3. The van der Waals surface area contributed by atoms with Crippen molar-refractivity contribution in [1.82, 2.24) is 30.0 Å².